The molecule has 3 aromatic carbocycles. The molecule has 3 rings (SSSR count). The zero-order valence-electron chi connectivity index (χ0n) is 16.7. The summed E-state index contributed by atoms with van der Waals surface area (Å²) < 4.78 is 13.0. The molecular weight excluding hydrogens is 420 g/mol. The van der Waals surface area contributed by atoms with Gasteiger partial charge in [0.2, 0.25) is 0 Å². The van der Waals surface area contributed by atoms with E-state index in [9.17, 15) is 14.0 Å². The Kier molecular flexibility index (Phi) is 10.4. The van der Waals surface area contributed by atoms with Crippen molar-refractivity contribution in [3.05, 3.63) is 89.7 Å². The minimum Gasteiger partial charge on any atom is -0.478 e. The first-order chi connectivity index (χ1) is 15.0. The van der Waals surface area contributed by atoms with E-state index in [4.69, 9.17) is 14.7 Å². The molecule has 0 saturated carbocycles. The Morgan fingerprint density at radius 2 is 1.35 bits per heavy atom. The number of nitrogens with one attached hydrogen (secondary N) is 1. The van der Waals surface area contributed by atoms with Crippen molar-refractivity contribution < 1.29 is 28.7 Å². The third-order valence-corrected chi connectivity index (χ3v) is 6.31. The van der Waals surface area contributed by atoms with Gasteiger partial charge in [0.1, 0.15) is 19.4 Å². The number of anilines is 1. The number of para-hydroxylation sites is 1. The minimum absolute atomic E-state index is 0.236. The molecule has 0 aliphatic carbocycles. The van der Waals surface area contributed by atoms with Gasteiger partial charge >= 0.3 is 5.97 Å². The van der Waals surface area contributed by atoms with Gasteiger partial charge in [-0.25, -0.2) is 9.18 Å². The van der Waals surface area contributed by atoms with Crippen molar-refractivity contribution >= 4 is 49.7 Å². The largest absolute Gasteiger partial charge is 0.478 e. The Morgan fingerprint density at radius 3 is 1.90 bits per heavy atom. The number of rotatable bonds is 5. The molecule has 1 amide bonds. The monoisotopic (exact) mass is 441 g/mol. The molecule has 1 atom stereocenters. The smallest absolute Gasteiger partial charge is 0.335 e. The molecule has 6 nitrogen and oxygen atoms in total. The summed E-state index contributed by atoms with van der Waals surface area (Å²) in [5, 5.41) is 13.9. The van der Waals surface area contributed by atoms with Crippen LogP contribution in [0.5, 0.6) is 0 Å². The van der Waals surface area contributed by atoms with Crippen molar-refractivity contribution in [2.75, 3.05) is 12.0 Å². The Hall–Kier alpha value is -3.70. The van der Waals surface area contributed by atoms with Crippen LogP contribution in [0, 0.1) is 5.82 Å². The van der Waals surface area contributed by atoms with Crippen molar-refractivity contribution in [1.82, 2.24) is 0 Å². The second-order valence-corrected chi connectivity index (χ2v) is 8.01. The van der Waals surface area contributed by atoms with E-state index in [0.717, 1.165) is 10.6 Å². The third kappa shape index (κ3) is 6.94. The number of aromatic carboxylic acids is 1. The first-order valence-corrected chi connectivity index (χ1v) is 10.6. The summed E-state index contributed by atoms with van der Waals surface area (Å²) in [7, 11) is -0.796. The van der Waals surface area contributed by atoms with E-state index >= 15 is 0 Å². The van der Waals surface area contributed by atoms with Gasteiger partial charge in [0.25, 0.3) is 5.91 Å². The third-order valence-electron chi connectivity index (χ3n) is 4.12. The fourth-order valence-corrected chi connectivity index (χ4v) is 4.31. The Labute approximate surface area is 180 Å². The van der Waals surface area contributed by atoms with E-state index in [1.165, 1.54) is 24.3 Å². The number of carbonyl (C=O) groups excluding carboxylic acids is 3. The van der Waals surface area contributed by atoms with Crippen molar-refractivity contribution in [2.24, 2.45) is 0 Å². The van der Waals surface area contributed by atoms with Gasteiger partial charge in [0, 0.05) is 16.6 Å². The maximum Gasteiger partial charge on any atom is 0.335 e. The topological polar surface area (TPSA) is 101 Å². The first-order valence-electron chi connectivity index (χ1n) is 8.76. The van der Waals surface area contributed by atoms with E-state index in [2.05, 4.69) is 5.32 Å². The lowest BCUT2D eigenvalue weighted by Gasteiger charge is -2.18. The van der Waals surface area contributed by atoms with Crippen LogP contribution in [0.1, 0.15) is 20.7 Å². The summed E-state index contributed by atoms with van der Waals surface area (Å²) >= 11 is 0. The molecule has 0 aromatic heterocycles. The standard InChI is InChI=1S/C21H17FNO3P.2CH2O/c1-27(17-12-8-15(9-13-17)21(25)26)19-5-3-2-4-18(19)23-20(24)14-6-10-16(22)11-7-14;2*1-2/h2-13H,1H3,(H,23,24)(H,25,26);2*1H2. The van der Waals surface area contributed by atoms with E-state index in [1.54, 1.807) is 24.3 Å². The summed E-state index contributed by atoms with van der Waals surface area (Å²) in [5.41, 5.74) is 1.29. The Morgan fingerprint density at radius 1 is 0.839 bits per heavy atom. The zero-order valence-corrected chi connectivity index (χ0v) is 17.6. The molecule has 2 N–H and O–H groups in total. The molecular formula is C23H21FNO5P. The summed E-state index contributed by atoms with van der Waals surface area (Å²) in [6.07, 6.45) is 0. The number of amides is 1. The lowest BCUT2D eigenvalue weighted by Crippen LogP contribution is -2.20. The average molecular weight is 441 g/mol. The first kappa shape index (κ1) is 25.3. The molecule has 0 bridgehead atoms. The minimum atomic E-state index is -0.964. The molecule has 3 aromatic rings. The molecule has 160 valence electrons. The lowest BCUT2D eigenvalue weighted by atomic mass is 10.2. The molecule has 0 heterocycles. The van der Waals surface area contributed by atoms with E-state index < -0.39 is 19.7 Å². The fourth-order valence-electron chi connectivity index (χ4n) is 2.63. The predicted molar refractivity (Wildman–Crippen MR) is 121 cm³/mol. The summed E-state index contributed by atoms with van der Waals surface area (Å²) in [6.45, 7) is 6.05. The maximum absolute atomic E-state index is 13.0. The van der Waals surface area contributed by atoms with Gasteiger partial charge in [-0.2, -0.15) is 0 Å². The van der Waals surface area contributed by atoms with Crippen molar-refractivity contribution in [2.45, 2.75) is 0 Å². The van der Waals surface area contributed by atoms with Crippen LogP contribution in [0.4, 0.5) is 10.1 Å². The molecule has 0 fully saturated rings. The number of halogens is 1. The van der Waals surface area contributed by atoms with Gasteiger partial charge in [-0.3, -0.25) is 4.79 Å². The van der Waals surface area contributed by atoms with Gasteiger partial charge < -0.3 is 20.0 Å². The van der Waals surface area contributed by atoms with Gasteiger partial charge in [-0.05, 0) is 62.4 Å². The summed E-state index contributed by atoms with van der Waals surface area (Å²) in [6, 6.07) is 19.6. The average Bonchev–Trinajstić information content (AvgIpc) is 2.82. The molecule has 0 saturated heterocycles. The molecule has 1 unspecified atom stereocenters. The van der Waals surface area contributed by atoms with Crippen LogP contribution in [-0.4, -0.2) is 37.2 Å². The summed E-state index contributed by atoms with van der Waals surface area (Å²) in [4.78, 5) is 39.5. The highest BCUT2D eigenvalue weighted by Crippen LogP contribution is 2.32. The van der Waals surface area contributed by atoms with Gasteiger partial charge in [0.05, 0.1) is 5.56 Å². The van der Waals surface area contributed by atoms with Crippen molar-refractivity contribution in [3.8, 4) is 0 Å². The maximum atomic E-state index is 13.0. The molecule has 0 aliphatic heterocycles. The van der Waals surface area contributed by atoms with Gasteiger partial charge in [0.15, 0.2) is 0 Å². The molecule has 0 radical (unpaired) electrons. The number of hydrogen-bond donors (Lipinski definition) is 2. The highest BCUT2D eigenvalue weighted by molar-refractivity contribution is 7.72. The van der Waals surface area contributed by atoms with Crippen molar-refractivity contribution in [3.63, 3.8) is 0 Å². The zero-order chi connectivity index (χ0) is 23.4. The highest BCUT2D eigenvalue weighted by atomic mass is 31.1. The van der Waals surface area contributed by atoms with Crippen LogP contribution in [0.3, 0.4) is 0 Å². The highest BCUT2D eigenvalue weighted by Gasteiger charge is 2.15. The van der Waals surface area contributed by atoms with E-state index in [-0.39, 0.29) is 11.5 Å². The SMILES string of the molecule is C=O.C=O.CP(c1ccc(C(=O)O)cc1)c1ccccc1NC(=O)c1ccc(F)cc1. The number of hydrogen-bond acceptors (Lipinski definition) is 4. The lowest BCUT2D eigenvalue weighted by molar-refractivity contribution is -0.0987. The van der Waals surface area contributed by atoms with E-state index in [0.29, 0.717) is 11.3 Å². The van der Waals surface area contributed by atoms with Crippen LogP contribution < -0.4 is 15.9 Å². The molecule has 0 spiro atoms. The van der Waals surface area contributed by atoms with Gasteiger partial charge in [-0.15, -0.1) is 0 Å². The molecule has 8 heteroatoms. The van der Waals surface area contributed by atoms with Crippen LogP contribution >= 0.6 is 7.92 Å². The second-order valence-electron chi connectivity index (χ2n) is 5.89. The number of carboxylic acid groups (broad SMARTS) is 1. The Bertz CT molecular complexity index is 1010. The fraction of sp³-hybridized carbons (Fsp3) is 0.0435. The van der Waals surface area contributed by atoms with Crippen LogP contribution in [0.2, 0.25) is 0 Å². The second kappa shape index (κ2) is 12.8. The van der Waals surface area contributed by atoms with Gasteiger partial charge in [-0.1, -0.05) is 30.3 Å². The summed E-state index contributed by atoms with van der Waals surface area (Å²) in [5.74, 6) is -1.67. The van der Waals surface area contributed by atoms with E-state index in [1.807, 2.05) is 44.5 Å². The Balaban J connectivity index is 0.00000113. The normalized spacial score (nSPS) is 10.4. The number of benzene rings is 3. The van der Waals surface area contributed by atoms with Crippen LogP contribution in [0.15, 0.2) is 72.8 Å². The van der Waals surface area contributed by atoms with Crippen molar-refractivity contribution in [1.29, 1.82) is 0 Å². The number of carbonyl (C=O) groups is 4. The quantitative estimate of drug-likeness (QED) is 0.591. The van der Waals surface area contributed by atoms with Crippen LogP contribution in [0.25, 0.3) is 0 Å². The molecule has 31 heavy (non-hydrogen) atoms. The number of carboxylic acids is 1. The predicted octanol–water partition coefficient (Wildman–Crippen LogP) is 3.47. The van der Waals surface area contributed by atoms with Crippen LogP contribution in [-0.2, 0) is 9.59 Å². The molecule has 0 aliphatic rings.